The largest absolute Gasteiger partial charge is 0.465 e. The Kier molecular flexibility index (Phi) is 5.87. The van der Waals surface area contributed by atoms with Crippen LogP contribution in [-0.4, -0.2) is 24.5 Å². The van der Waals surface area contributed by atoms with Crippen LogP contribution in [0.15, 0.2) is 30.3 Å². The van der Waals surface area contributed by atoms with Crippen LogP contribution in [0.25, 0.3) is 0 Å². The van der Waals surface area contributed by atoms with Crippen molar-refractivity contribution in [1.29, 1.82) is 0 Å². The van der Waals surface area contributed by atoms with Gasteiger partial charge in [0.25, 0.3) is 5.91 Å². The fraction of sp³-hybridized carbons (Fsp3) is 0.385. The summed E-state index contributed by atoms with van der Waals surface area (Å²) in [5, 5.41) is 0. The van der Waals surface area contributed by atoms with Gasteiger partial charge in [-0.1, -0.05) is 25.1 Å². The number of esters is 1. The van der Waals surface area contributed by atoms with Gasteiger partial charge in [0.2, 0.25) is 0 Å². The number of hydrazine groups is 1. The summed E-state index contributed by atoms with van der Waals surface area (Å²) in [4.78, 5) is 23.2. The minimum absolute atomic E-state index is 0.279. The van der Waals surface area contributed by atoms with Crippen molar-refractivity contribution in [3.05, 3.63) is 35.9 Å². The lowest BCUT2D eigenvalue weighted by Crippen LogP contribution is -2.48. The van der Waals surface area contributed by atoms with Crippen molar-refractivity contribution in [2.75, 3.05) is 6.61 Å². The lowest BCUT2D eigenvalue weighted by molar-refractivity contribution is -0.145. The number of benzene rings is 1. The SMILES string of the molecule is CCOC(=O)[C@@H](CC)NNC(=O)c1ccccc1. The zero-order valence-electron chi connectivity index (χ0n) is 10.6. The molecule has 1 atom stereocenters. The number of carbonyl (C=O) groups excluding carboxylic acids is 2. The molecular formula is C13H18N2O3. The van der Waals surface area contributed by atoms with Gasteiger partial charge >= 0.3 is 5.97 Å². The van der Waals surface area contributed by atoms with E-state index >= 15 is 0 Å². The van der Waals surface area contributed by atoms with E-state index in [4.69, 9.17) is 4.74 Å². The van der Waals surface area contributed by atoms with Gasteiger partial charge in [-0.2, -0.15) is 0 Å². The molecule has 0 spiro atoms. The molecule has 18 heavy (non-hydrogen) atoms. The van der Waals surface area contributed by atoms with Crippen molar-refractivity contribution >= 4 is 11.9 Å². The number of amides is 1. The van der Waals surface area contributed by atoms with E-state index in [1.807, 2.05) is 13.0 Å². The molecule has 0 aliphatic heterocycles. The summed E-state index contributed by atoms with van der Waals surface area (Å²) >= 11 is 0. The smallest absolute Gasteiger partial charge is 0.324 e. The number of hydrogen-bond donors (Lipinski definition) is 2. The maximum absolute atomic E-state index is 11.7. The van der Waals surface area contributed by atoms with Crippen LogP contribution in [0.4, 0.5) is 0 Å². The van der Waals surface area contributed by atoms with Crippen molar-refractivity contribution in [2.45, 2.75) is 26.3 Å². The first-order valence-electron chi connectivity index (χ1n) is 5.96. The Hall–Kier alpha value is -1.88. The van der Waals surface area contributed by atoms with E-state index in [2.05, 4.69) is 10.9 Å². The van der Waals surface area contributed by atoms with Crippen LogP contribution in [0, 0.1) is 0 Å². The Morgan fingerprint density at radius 1 is 1.22 bits per heavy atom. The fourth-order valence-corrected chi connectivity index (χ4v) is 1.38. The predicted octanol–water partition coefficient (Wildman–Crippen LogP) is 1.26. The molecule has 5 nitrogen and oxygen atoms in total. The summed E-state index contributed by atoms with van der Waals surface area (Å²) in [6, 6.07) is 8.25. The molecule has 2 N–H and O–H groups in total. The molecule has 0 unspecified atom stereocenters. The highest BCUT2D eigenvalue weighted by molar-refractivity contribution is 5.94. The zero-order chi connectivity index (χ0) is 13.4. The fourth-order valence-electron chi connectivity index (χ4n) is 1.38. The number of carbonyl (C=O) groups is 2. The average molecular weight is 250 g/mol. The van der Waals surface area contributed by atoms with E-state index in [1.54, 1.807) is 31.2 Å². The van der Waals surface area contributed by atoms with E-state index in [1.165, 1.54) is 0 Å². The first-order valence-corrected chi connectivity index (χ1v) is 5.96. The summed E-state index contributed by atoms with van der Waals surface area (Å²) in [6.07, 6.45) is 0.536. The molecule has 1 rings (SSSR count). The summed E-state index contributed by atoms with van der Waals surface area (Å²) in [5.41, 5.74) is 5.71. The molecule has 0 heterocycles. The Bertz CT molecular complexity index is 392. The van der Waals surface area contributed by atoms with Crippen molar-refractivity contribution in [3.8, 4) is 0 Å². The first-order chi connectivity index (χ1) is 8.69. The molecule has 1 aromatic rings. The van der Waals surface area contributed by atoms with Crippen LogP contribution in [0.3, 0.4) is 0 Å². The van der Waals surface area contributed by atoms with E-state index in [0.29, 0.717) is 18.6 Å². The third-order valence-electron chi connectivity index (χ3n) is 2.38. The molecule has 5 heteroatoms. The van der Waals surface area contributed by atoms with Gasteiger partial charge in [0.05, 0.1) is 6.61 Å². The summed E-state index contributed by atoms with van der Waals surface area (Å²) in [5.74, 6) is -0.647. The summed E-state index contributed by atoms with van der Waals surface area (Å²) in [6.45, 7) is 3.90. The second-order valence-electron chi connectivity index (χ2n) is 3.68. The Morgan fingerprint density at radius 2 is 1.89 bits per heavy atom. The maximum atomic E-state index is 11.7. The van der Waals surface area contributed by atoms with Crippen LogP contribution in [-0.2, 0) is 9.53 Å². The van der Waals surface area contributed by atoms with Crippen LogP contribution in [0.5, 0.6) is 0 Å². The van der Waals surface area contributed by atoms with Gasteiger partial charge in [-0.25, -0.2) is 5.43 Å². The molecule has 0 aliphatic carbocycles. The molecule has 0 saturated carbocycles. The van der Waals surface area contributed by atoms with Crippen LogP contribution < -0.4 is 10.9 Å². The Labute approximate surface area is 106 Å². The van der Waals surface area contributed by atoms with Gasteiger partial charge in [-0.3, -0.25) is 15.0 Å². The number of hydrogen-bond acceptors (Lipinski definition) is 4. The molecule has 0 fully saturated rings. The van der Waals surface area contributed by atoms with E-state index < -0.39 is 6.04 Å². The first kappa shape index (κ1) is 14.2. The van der Waals surface area contributed by atoms with Crippen molar-refractivity contribution in [3.63, 3.8) is 0 Å². The normalized spacial score (nSPS) is 11.7. The highest BCUT2D eigenvalue weighted by atomic mass is 16.5. The highest BCUT2D eigenvalue weighted by Crippen LogP contribution is 1.98. The molecule has 0 bridgehead atoms. The zero-order valence-corrected chi connectivity index (χ0v) is 10.6. The quantitative estimate of drug-likeness (QED) is 0.589. The lowest BCUT2D eigenvalue weighted by Gasteiger charge is -2.16. The van der Waals surface area contributed by atoms with Gasteiger partial charge < -0.3 is 4.74 Å². The summed E-state index contributed by atoms with van der Waals surface area (Å²) in [7, 11) is 0. The van der Waals surface area contributed by atoms with Gasteiger partial charge in [0.1, 0.15) is 6.04 Å². The van der Waals surface area contributed by atoms with Crippen molar-refractivity contribution in [1.82, 2.24) is 10.9 Å². The summed E-state index contributed by atoms with van der Waals surface area (Å²) < 4.78 is 4.88. The van der Waals surface area contributed by atoms with Gasteiger partial charge in [-0.15, -0.1) is 0 Å². The molecule has 0 aromatic heterocycles. The molecule has 98 valence electrons. The Morgan fingerprint density at radius 3 is 2.44 bits per heavy atom. The predicted molar refractivity (Wildman–Crippen MR) is 67.8 cm³/mol. The van der Waals surface area contributed by atoms with Gasteiger partial charge in [0.15, 0.2) is 0 Å². The Balaban J connectivity index is 2.48. The standard InChI is InChI=1S/C13H18N2O3/c1-3-11(13(17)18-4-2)14-15-12(16)10-8-6-5-7-9-10/h5-9,11,14H,3-4H2,1-2H3,(H,15,16)/t11-/m1/s1. The molecule has 0 saturated heterocycles. The number of nitrogens with one attached hydrogen (secondary N) is 2. The molecule has 1 amide bonds. The van der Waals surface area contributed by atoms with Gasteiger partial charge in [0, 0.05) is 5.56 Å². The molecule has 1 aromatic carbocycles. The average Bonchev–Trinajstić information content (AvgIpc) is 2.40. The van der Waals surface area contributed by atoms with Crippen molar-refractivity contribution in [2.24, 2.45) is 0 Å². The second-order valence-corrected chi connectivity index (χ2v) is 3.68. The number of rotatable bonds is 6. The monoisotopic (exact) mass is 250 g/mol. The highest BCUT2D eigenvalue weighted by Gasteiger charge is 2.17. The lowest BCUT2D eigenvalue weighted by atomic mass is 10.2. The minimum atomic E-state index is -0.530. The third kappa shape index (κ3) is 4.18. The van der Waals surface area contributed by atoms with Crippen molar-refractivity contribution < 1.29 is 14.3 Å². The van der Waals surface area contributed by atoms with Gasteiger partial charge in [-0.05, 0) is 25.5 Å². The topological polar surface area (TPSA) is 67.4 Å². The van der Waals surface area contributed by atoms with Crippen LogP contribution in [0.1, 0.15) is 30.6 Å². The molecule has 0 aliphatic rings. The second kappa shape index (κ2) is 7.45. The van der Waals surface area contributed by atoms with Crippen LogP contribution in [0.2, 0.25) is 0 Å². The minimum Gasteiger partial charge on any atom is -0.465 e. The van der Waals surface area contributed by atoms with Crippen LogP contribution >= 0.6 is 0 Å². The van der Waals surface area contributed by atoms with E-state index in [0.717, 1.165) is 0 Å². The molecule has 0 radical (unpaired) electrons. The number of ether oxygens (including phenoxy) is 1. The maximum Gasteiger partial charge on any atom is 0.324 e. The van der Waals surface area contributed by atoms with E-state index in [9.17, 15) is 9.59 Å². The molecular weight excluding hydrogens is 232 g/mol. The van der Waals surface area contributed by atoms with E-state index in [-0.39, 0.29) is 11.9 Å². The third-order valence-corrected chi connectivity index (χ3v) is 2.38.